The smallest absolute Gasteiger partial charge is 0.296 e. The van der Waals surface area contributed by atoms with Crippen LogP contribution >= 0.6 is 0 Å². The molecule has 1 aromatic carbocycles. The molecule has 184 valence electrons. The average molecular weight is 482 g/mol. The number of carbonyl (C=O) groups is 3. The molecule has 10 heteroatoms. The van der Waals surface area contributed by atoms with Crippen molar-refractivity contribution in [2.75, 3.05) is 34.3 Å². The average Bonchev–Trinajstić information content (AvgIpc) is 3.18. The van der Waals surface area contributed by atoms with Gasteiger partial charge in [-0.15, -0.1) is 0 Å². The number of aryl methyl sites for hydroxylation is 1. The van der Waals surface area contributed by atoms with E-state index < -0.39 is 11.7 Å². The molecule has 3 aromatic rings. The first-order valence-corrected chi connectivity index (χ1v) is 11.4. The molecular formula is C25H28FN5O4. The summed E-state index contributed by atoms with van der Waals surface area (Å²) in [5.74, 6) is -1.36. The van der Waals surface area contributed by atoms with Gasteiger partial charge in [0.15, 0.2) is 11.4 Å². The second-order valence-electron chi connectivity index (χ2n) is 8.97. The lowest BCUT2D eigenvalue weighted by molar-refractivity contribution is -0.124. The van der Waals surface area contributed by atoms with Gasteiger partial charge in [0.1, 0.15) is 22.5 Å². The summed E-state index contributed by atoms with van der Waals surface area (Å²) in [4.78, 5) is 45.9. The van der Waals surface area contributed by atoms with Crippen LogP contribution in [-0.4, -0.2) is 76.5 Å². The fourth-order valence-corrected chi connectivity index (χ4v) is 4.41. The van der Waals surface area contributed by atoms with E-state index in [2.05, 4.69) is 10.1 Å². The number of nitrogens with zero attached hydrogens (tertiary/aromatic N) is 5. The van der Waals surface area contributed by atoms with Crippen molar-refractivity contribution in [3.8, 4) is 5.75 Å². The highest BCUT2D eigenvalue weighted by Gasteiger charge is 2.30. The monoisotopic (exact) mass is 481 g/mol. The Morgan fingerprint density at radius 3 is 2.40 bits per heavy atom. The van der Waals surface area contributed by atoms with Crippen LogP contribution in [0.3, 0.4) is 0 Å². The van der Waals surface area contributed by atoms with Gasteiger partial charge < -0.3 is 14.5 Å². The van der Waals surface area contributed by atoms with Gasteiger partial charge in [-0.3, -0.25) is 19.1 Å². The highest BCUT2D eigenvalue weighted by atomic mass is 19.1. The second kappa shape index (κ2) is 9.81. The van der Waals surface area contributed by atoms with Crippen molar-refractivity contribution in [1.29, 1.82) is 0 Å². The molecule has 0 atom stereocenters. The van der Waals surface area contributed by atoms with E-state index in [1.165, 1.54) is 42.9 Å². The van der Waals surface area contributed by atoms with Crippen molar-refractivity contribution < 1.29 is 23.5 Å². The molecule has 0 radical (unpaired) electrons. The molecule has 9 nitrogen and oxygen atoms in total. The van der Waals surface area contributed by atoms with Crippen LogP contribution in [0.5, 0.6) is 5.75 Å². The van der Waals surface area contributed by atoms with E-state index in [-0.39, 0.29) is 34.4 Å². The number of hydrogen-bond acceptors (Lipinski definition) is 6. The number of benzene rings is 1. The van der Waals surface area contributed by atoms with Crippen LogP contribution in [0.1, 0.15) is 39.4 Å². The number of aromatic nitrogens is 3. The first-order chi connectivity index (χ1) is 16.7. The van der Waals surface area contributed by atoms with Gasteiger partial charge in [-0.1, -0.05) is 12.1 Å². The topological polar surface area (TPSA) is 97.6 Å². The summed E-state index contributed by atoms with van der Waals surface area (Å²) in [7, 11) is 5.98. The predicted octanol–water partition coefficient (Wildman–Crippen LogP) is 2.48. The molecule has 0 aliphatic carbocycles. The van der Waals surface area contributed by atoms with E-state index in [9.17, 15) is 18.8 Å². The highest BCUT2D eigenvalue weighted by molar-refractivity contribution is 6.44. The molecule has 3 heterocycles. The third-order valence-electron chi connectivity index (χ3n) is 6.35. The Bertz CT molecular complexity index is 1280. The number of ketones is 1. The maximum Gasteiger partial charge on any atom is 0.296 e. The van der Waals surface area contributed by atoms with Crippen LogP contribution in [0.15, 0.2) is 30.3 Å². The number of methoxy groups -OCH3 is 1. The molecule has 0 unspecified atom stereocenters. The molecule has 35 heavy (non-hydrogen) atoms. The summed E-state index contributed by atoms with van der Waals surface area (Å²) in [6.45, 7) is 1.09. The Kier molecular flexibility index (Phi) is 6.81. The minimum absolute atomic E-state index is 0.0217. The SMILES string of the molecule is COc1cc2nn(C)c(C(=O)C(=O)N(C)C)c2nc1C(=O)N1CCC(Cc2ccc(F)cc2)CC1. The molecule has 0 spiro atoms. The number of piperidine rings is 1. The number of halogens is 1. The van der Waals surface area contributed by atoms with Gasteiger partial charge in [-0.05, 0) is 42.9 Å². The van der Waals surface area contributed by atoms with Gasteiger partial charge in [0.25, 0.3) is 17.6 Å². The van der Waals surface area contributed by atoms with Gasteiger partial charge >= 0.3 is 0 Å². The summed E-state index contributed by atoms with van der Waals surface area (Å²) in [5.41, 5.74) is 1.72. The fraction of sp³-hybridized carbons (Fsp3) is 0.400. The number of carbonyl (C=O) groups excluding carboxylic acids is 3. The Hall–Kier alpha value is -3.82. The maximum atomic E-state index is 13.4. The van der Waals surface area contributed by atoms with Gasteiger partial charge in [0.2, 0.25) is 0 Å². The quantitative estimate of drug-likeness (QED) is 0.396. The number of ether oxygens (including phenoxy) is 1. The van der Waals surface area contributed by atoms with Crippen molar-refractivity contribution in [3.63, 3.8) is 0 Å². The molecule has 1 fully saturated rings. The number of pyridine rings is 1. The summed E-state index contributed by atoms with van der Waals surface area (Å²) in [6.07, 6.45) is 2.44. The number of likely N-dealkylation sites (N-methyl/N-ethyl adjacent to an activating group) is 1. The number of hydrogen-bond donors (Lipinski definition) is 0. The predicted molar refractivity (Wildman–Crippen MR) is 127 cm³/mol. The lowest BCUT2D eigenvalue weighted by atomic mass is 9.90. The van der Waals surface area contributed by atoms with Crippen LogP contribution in [0.25, 0.3) is 11.0 Å². The summed E-state index contributed by atoms with van der Waals surface area (Å²) in [5, 5.41) is 4.29. The number of rotatable bonds is 6. The van der Waals surface area contributed by atoms with Crippen molar-refractivity contribution in [3.05, 3.63) is 53.1 Å². The molecule has 0 bridgehead atoms. The molecule has 0 N–H and O–H groups in total. The maximum absolute atomic E-state index is 13.4. The molecule has 1 saturated heterocycles. The normalized spacial score (nSPS) is 14.3. The third kappa shape index (κ3) is 4.87. The Morgan fingerprint density at radius 1 is 1.14 bits per heavy atom. The van der Waals surface area contributed by atoms with E-state index in [0.717, 1.165) is 24.8 Å². The zero-order valence-electron chi connectivity index (χ0n) is 20.2. The van der Waals surface area contributed by atoms with E-state index in [1.54, 1.807) is 30.1 Å². The lowest BCUT2D eigenvalue weighted by Gasteiger charge is -2.32. The molecule has 0 saturated carbocycles. The van der Waals surface area contributed by atoms with Crippen molar-refractivity contribution in [2.24, 2.45) is 13.0 Å². The number of amides is 2. The first kappa shape index (κ1) is 24.3. The minimum Gasteiger partial charge on any atom is -0.494 e. The Balaban J connectivity index is 1.56. The van der Waals surface area contributed by atoms with Crippen LogP contribution in [0, 0.1) is 11.7 Å². The molecule has 2 aromatic heterocycles. The molecule has 4 rings (SSSR count). The largest absolute Gasteiger partial charge is 0.494 e. The standard InChI is InChI=1S/C25H28FN5O4/c1-29(2)25(34)23(32)22-20-18(28-30(22)3)14-19(35-4)21(27-20)24(33)31-11-9-16(10-12-31)13-15-5-7-17(26)8-6-15/h5-8,14,16H,9-13H2,1-4H3. The zero-order chi connectivity index (χ0) is 25.3. The first-order valence-electron chi connectivity index (χ1n) is 11.4. The van der Waals surface area contributed by atoms with Crippen LogP contribution in [-0.2, 0) is 18.3 Å². The van der Waals surface area contributed by atoms with E-state index in [0.29, 0.717) is 24.5 Å². The number of Topliss-reactive ketones (excluding diaryl/α,β-unsaturated/α-hetero) is 1. The van der Waals surface area contributed by atoms with Gasteiger partial charge in [0, 0.05) is 40.3 Å². The van der Waals surface area contributed by atoms with E-state index >= 15 is 0 Å². The van der Waals surface area contributed by atoms with Crippen molar-refractivity contribution in [1.82, 2.24) is 24.6 Å². The zero-order valence-corrected chi connectivity index (χ0v) is 20.2. The fourth-order valence-electron chi connectivity index (χ4n) is 4.41. The van der Waals surface area contributed by atoms with Gasteiger partial charge in [0.05, 0.1) is 7.11 Å². The summed E-state index contributed by atoms with van der Waals surface area (Å²) >= 11 is 0. The number of likely N-dealkylation sites (tertiary alicyclic amines) is 1. The Labute approximate surface area is 202 Å². The molecular weight excluding hydrogens is 453 g/mol. The van der Waals surface area contributed by atoms with Gasteiger partial charge in [-0.2, -0.15) is 5.10 Å². The van der Waals surface area contributed by atoms with Crippen LogP contribution in [0.2, 0.25) is 0 Å². The van der Waals surface area contributed by atoms with Gasteiger partial charge in [-0.25, -0.2) is 9.37 Å². The lowest BCUT2D eigenvalue weighted by Crippen LogP contribution is -2.39. The Morgan fingerprint density at radius 2 is 1.80 bits per heavy atom. The molecule has 1 aliphatic rings. The van der Waals surface area contributed by atoms with Crippen LogP contribution in [0.4, 0.5) is 4.39 Å². The summed E-state index contributed by atoms with van der Waals surface area (Å²) < 4.78 is 19.9. The number of fused-ring (bicyclic) bond motifs is 1. The van der Waals surface area contributed by atoms with Crippen LogP contribution < -0.4 is 4.74 Å². The third-order valence-corrected chi connectivity index (χ3v) is 6.35. The molecule has 1 aliphatic heterocycles. The highest BCUT2D eigenvalue weighted by Crippen LogP contribution is 2.28. The van der Waals surface area contributed by atoms with E-state index in [1.807, 2.05) is 0 Å². The summed E-state index contributed by atoms with van der Waals surface area (Å²) in [6, 6.07) is 8.08. The minimum atomic E-state index is -0.752. The second-order valence-corrected chi connectivity index (χ2v) is 8.97. The molecule has 2 amide bonds. The van der Waals surface area contributed by atoms with E-state index in [4.69, 9.17) is 4.74 Å². The van der Waals surface area contributed by atoms with Crippen molar-refractivity contribution >= 4 is 28.6 Å². The van der Waals surface area contributed by atoms with Crippen molar-refractivity contribution in [2.45, 2.75) is 19.3 Å².